The molecule has 0 unspecified atom stereocenters. The van der Waals surface area contributed by atoms with Gasteiger partial charge in [-0.25, -0.2) is 0 Å². The fourth-order valence-electron chi connectivity index (χ4n) is 2.15. The van der Waals surface area contributed by atoms with E-state index in [2.05, 4.69) is 46.4 Å². The van der Waals surface area contributed by atoms with Gasteiger partial charge < -0.3 is 4.90 Å². The predicted octanol–water partition coefficient (Wildman–Crippen LogP) is 3.20. The quantitative estimate of drug-likeness (QED) is 0.829. The summed E-state index contributed by atoms with van der Waals surface area (Å²) >= 11 is 4.11. The van der Waals surface area contributed by atoms with Crippen LogP contribution in [0.3, 0.4) is 0 Å². The highest BCUT2D eigenvalue weighted by molar-refractivity contribution is 7.80. The van der Waals surface area contributed by atoms with Crippen molar-refractivity contribution in [3.05, 3.63) is 33.9 Å². The Labute approximate surface area is 116 Å². The molecule has 0 aliphatic carbocycles. The van der Waals surface area contributed by atoms with Gasteiger partial charge in [-0.3, -0.25) is 4.79 Å². The highest BCUT2D eigenvalue weighted by Gasteiger charge is 2.13. The fraction of sp³-hybridized carbons (Fsp3) is 0.533. The second-order valence-electron chi connectivity index (χ2n) is 4.96. The maximum atomic E-state index is 11.8. The average Bonchev–Trinajstić information content (AvgIpc) is 2.32. The van der Waals surface area contributed by atoms with Crippen molar-refractivity contribution >= 4 is 18.5 Å². The van der Waals surface area contributed by atoms with Crippen LogP contribution in [-0.4, -0.2) is 23.6 Å². The fourth-order valence-corrected chi connectivity index (χ4v) is 2.34. The molecule has 1 rings (SSSR count). The summed E-state index contributed by atoms with van der Waals surface area (Å²) in [4.78, 5) is 13.6. The largest absolute Gasteiger partial charge is 0.341 e. The van der Waals surface area contributed by atoms with Crippen molar-refractivity contribution in [1.82, 2.24) is 4.90 Å². The van der Waals surface area contributed by atoms with E-state index in [-0.39, 0.29) is 5.91 Å². The minimum Gasteiger partial charge on any atom is -0.341 e. The molecule has 0 aliphatic rings. The third-order valence-electron chi connectivity index (χ3n) is 3.67. The first kappa shape index (κ1) is 15.1. The number of carbonyl (C=O) groups is 1. The van der Waals surface area contributed by atoms with Gasteiger partial charge in [0.25, 0.3) is 0 Å². The van der Waals surface area contributed by atoms with E-state index in [1.54, 1.807) is 4.90 Å². The van der Waals surface area contributed by atoms with Crippen LogP contribution < -0.4 is 0 Å². The Balaban J connectivity index is 3.00. The molecule has 0 aromatic heterocycles. The van der Waals surface area contributed by atoms with Gasteiger partial charge in [-0.2, -0.15) is 12.6 Å². The summed E-state index contributed by atoms with van der Waals surface area (Å²) in [5.74, 6) is 0.761. The lowest BCUT2D eigenvalue weighted by atomic mass is 9.94. The van der Waals surface area contributed by atoms with Gasteiger partial charge in [-0.05, 0) is 61.3 Å². The number of nitrogens with zero attached hydrogens (tertiary/aromatic N) is 1. The van der Waals surface area contributed by atoms with Crippen LogP contribution >= 0.6 is 12.6 Å². The summed E-state index contributed by atoms with van der Waals surface area (Å²) in [6.45, 7) is 9.20. The highest BCUT2D eigenvalue weighted by Crippen LogP contribution is 2.22. The molecule has 100 valence electrons. The monoisotopic (exact) mass is 265 g/mol. The van der Waals surface area contributed by atoms with Crippen molar-refractivity contribution in [2.45, 2.75) is 40.7 Å². The minimum atomic E-state index is 0.156. The van der Waals surface area contributed by atoms with Gasteiger partial charge in [0.1, 0.15) is 0 Å². The molecule has 0 N–H and O–H groups in total. The standard InChI is InChI=1S/C15H23NOS/c1-10-8-11(2)13(4)14(12(10)3)9-16(5)15(17)6-7-18/h8,18H,6-7,9H2,1-5H3. The number of hydrogen-bond donors (Lipinski definition) is 1. The Morgan fingerprint density at radius 3 is 2.11 bits per heavy atom. The van der Waals surface area contributed by atoms with Crippen molar-refractivity contribution in [3.63, 3.8) is 0 Å². The van der Waals surface area contributed by atoms with Crippen LogP contribution in [0.2, 0.25) is 0 Å². The molecule has 1 aromatic rings. The normalized spacial score (nSPS) is 10.6. The minimum absolute atomic E-state index is 0.156. The zero-order chi connectivity index (χ0) is 13.9. The number of thiol groups is 1. The molecule has 0 bridgehead atoms. The van der Waals surface area contributed by atoms with Crippen molar-refractivity contribution in [2.75, 3.05) is 12.8 Å². The van der Waals surface area contributed by atoms with E-state index in [1.165, 1.54) is 27.8 Å². The summed E-state index contributed by atoms with van der Waals surface area (Å²) in [6, 6.07) is 2.21. The van der Waals surface area contributed by atoms with E-state index in [4.69, 9.17) is 0 Å². The first-order valence-corrected chi connectivity index (χ1v) is 6.92. The molecule has 0 heterocycles. The number of aryl methyl sites for hydroxylation is 2. The van der Waals surface area contributed by atoms with E-state index >= 15 is 0 Å². The van der Waals surface area contributed by atoms with Gasteiger partial charge in [0, 0.05) is 20.0 Å². The second-order valence-corrected chi connectivity index (χ2v) is 5.41. The first-order valence-electron chi connectivity index (χ1n) is 6.29. The highest BCUT2D eigenvalue weighted by atomic mass is 32.1. The Hall–Kier alpha value is -0.960. The first-order chi connectivity index (χ1) is 8.38. The Morgan fingerprint density at radius 2 is 1.67 bits per heavy atom. The molecular formula is C15H23NOS. The van der Waals surface area contributed by atoms with E-state index in [1.807, 2.05) is 7.05 Å². The summed E-state index contributed by atoms with van der Waals surface area (Å²) in [5, 5.41) is 0. The number of hydrogen-bond acceptors (Lipinski definition) is 2. The topological polar surface area (TPSA) is 20.3 Å². The van der Waals surface area contributed by atoms with Crippen molar-refractivity contribution in [1.29, 1.82) is 0 Å². The summed E-state index contributed by atoms with van der Waals surface area (Å²) < 4.78 is 0. The predicted molar refractivity (Wildman–Crippen MR) is 80.3 cm³/mol. The van der Waals surface area contributed by atoms with Gasteiger partial charge in [0.15, 0.2) is 0 Å². The molecule has 0 spiro atoms. The lowest BCUT2D eigenvalue weighted by molar-refractivity contribution is -0.129. The van der Waals surface area contributed by atoms with Crippen molar-refractivity contribution in [3.8, 4) is 0 Å². The SMILES string of the molecule is Cc1cc(C)c(C)c(CN(C)C(=O)CCS)c1C. The Kier molecular flexibility index (Phi) is 5.27. The molecule has 0 atom stereocenters. The van der Waals surface area contributed by atoms with Crippen LogP contribution in [0, 0.1) is 27.7 Å². The maximum Gasteiger partial charge on any atom is 0.223 e. The van der Waals surface area contributed by atoms with Gasteiger partial charge >= 0.3 is 0 Å². The molecule has 0 radical (unpaired) electrons. The Morgan fingerprint density at radius 1 is 1.17 bits per heavy atom. The lowest BCUT2D eigenvalue weighted by Crippen LogP contribution is -2.27. The lowest BCUT2D eigenvalue weighted by Gasteiger charge is -2.22. The van der Waals surface area contributed by atoms with Crippen LogP contribution in [0.5, 0.6) is 0 Å². The van der Waals surface area contributed by atoms with Gasteiger partial charge in [0.2, 0.25) is 5.91 Å². The van der Waals surface area contributed by atoms with Crippen molar-refractivity contribution < 1.29 is 4.79 Å². The third kappa shape index (κ3) is 3.29. The van der Waals surface area contributed by atoms with Crippen LogP contribution in [0.1, 0.15) is 34.2 Å². The molecular weight excluding hydrogens is 242 g/mol. The molecule has 1 aromatic carbocycles. The molecule has 0 saturated carbocycles. The zero-order valence-corrected chi connectivity index (χ0v) is 12.9. The molecule has 3 heteroatoms. The van der Waals surface area contributed by atoms with Crippen LogP contribution in [0.25, 0.3) is 0 Å². The third-order valence-corrected chi connectivity index (χ3v) is 3.89. The Bertz CT molecular complexity index is 428. The van der Waals surface area contributed by atoms with Crippen LogP contribution in [0.4, 0.5) is 0 Å². The van der Waals surface area contributed by atoms with E-state index in [0.29, 0.717) is 18.7 Å². The van der Waals surface area contributed by atoms with Crippen molar-refractivity contribution in [2.24, 2.45) is 0 Å². The van der Waals surface area contributed by atoms with Crippen LogP contribution in [-0.2, 0) is 11.3 Å². The molecule has 18 heavy (non-hydrogen) atoms. The number of benzene rings is 1. The number of carbonyl (C=O) groups excluding carboxylic acids is 1. The summed E-state index contributed by atoms with van der Waals surface area (Å²) in [7, 11) is 1.86. The maximum absolute atomic E-state index is 11.8. The molecule has 1 amide bonds. The van der Waals surface area contributed by atoms with Crippen LogP contribution in [0.15, 0.2) is 6.07 Å². The molecule has 0 saturated heterocycles. The number of rotatable bonds is 4. The molecule has 0 fully saturated rings. The summed E-state index contributed by atoms with van der Waals surface area (Å²) in [6.07, 6.45) is 0.502. The average molecular weight is 265 g/mol. The van der Waals surface area contributed by atoms with E-state index in [9.17, 15) is 4.79 Å². The second kappa shape index (κ2) is 6.28. The smallest absolute Gasteiger partial charge is 0.223 e. The zero-order valence-electron chi connectivity index (χ0n) is 12.0. The summed E-state index contributed by atoms with van der Waals surface area (Å²) in [5.41, 5.74) is 6.46. The van der Waals surface area contributed by atoms with Gasteiger partial charge in [0.05, 0.1) is 0 Å². The van der Waals surface area contributed by atoms with E-state index in [0.717, 1.165) is 0 Å². The van der Waals surface area contributed by atoms with Gasteiger partial charge in [-0.15, -0.1) is 0 Å². The van der Waals surface area contributed by atoms with Gasteiger partial charge in [-0.1, -0.05) is 6.07 Å². The number of amides is 1. The molecule has 0 aliphatic heterocycles. The molecule has 2 nitrogen and oxygen atoms in total. The van der Waals surface area contributed by atoms with E-state index < -0.39 is 0 Å².